The summed E-state index contributed by atoms with van der Waals surface area (Å²) < 4.78 is 0.927. The van der Waals surface area contributed by atoms with Crippen LogP contribution >= 0.6 is 27.5 Å². The van der Waals surface area contributed by atoms with Gasteiger partial charge in [-0.05, 0) is 38.0 Å². The molecule has 1 aromatic carbocycles. The van der Waals surface area contributed by atoms with E-state index in [1.165, 1.54) is 0 Å². The number of amides is 1. The summed E-state index contributed by atoms with van der Waals surface area (Å²) in [6.07, 6.45) is 2.22. The van der Waals surface area contributed by atoms with E-state index in [9.17, 15) is 4.79 Å². The lowest BCUT2D eigenvalue weighted by Crippen LogP contribution is -2.39. The molecule has 18 heavy (non-hydrogen) atoms. The van der Waals surface area contributed by atoms with Gasteiger partial charge in [-0.25, -0.2) is 0 Å². The molecule has 5 heteroatoms. The lowest BCUT2D eigenvalue weighted by molar-refractivity contribution is -0.130. The number of rotatable bonds is 3. The van der Waals surface area contributed by atoms with Crippen LogP contribution in [0.15, 0.2) is 22.7 Å². The third-order valence-corrected chi connectivity index (χ3v) is 3.90. The number of anilines is 1. The summed E-state index contributed by atoms with van der Waals surface area (Å²) >= 11 is 9.48. The molecule has 1 unspecified atom stereocenters. The van der Waals surface area contributed by atoms with Gasteiger partial charge in [-0.1, -0.05) is 27.5 Å². The summed E-state index contributed by atoms with van der Waals surface area (Å²) in [5, 5.41) is 3.79. The van der Waals surface area contributed by atoms with Crippen LogP contribution in [0.4, 0.5) is 5.69 Å². The van der Waals surface area contributed by atoms with Crippen LogP contribution in [0.5, 0.6) is 0 Å². The van der Waals surface area contributed by atoms with Crippen molar-refractivity contribution in [2.45, 2.75) is 25.8 Å². The zero-order valence-corrected chi connectivity index (χ0v) is 12.6. The van der Waals surface area contributed by atoms with Crippen LogP contribution in [-0.2, 0) is 4.79 Å². The van der Waals surface area contributed by atoms with Gasteiger partial charge in [-0.15, -0.1) is 0 Å². The molecular formula is C13H16BrClN2O. The Morgan fingerprint density at radius 1 is 1.44 bits per heavy atom. The standard InChI is InChI=1S/C13H16BrClN2O/c1-9(13(18)17-6-2-3-7-17)16-12-5-4-10(14)8-11(12)15/h4-5,8-9,16H,2-3,6-7H2,1H3. The number of halogens is 2. The Kier molecular flexibility index (Phi) is 4.51. The van der Waals surface area contributed by atoms with E-state index in [1.54, 1.807) is 0 Å². The lowest BCUT2D eigenvalue weighted by Gasteiger charge is -2.22. The zero-order valence-electron chi connectivity index (χ0n) is 10.2. The minimum absolute atomic E-state index is 0.145. The van der Waals surface area contributed by atoms with Crippen molar-refractivity contribution in [2.75, 3.05) is 18.4 Å². The predicted molar refractivity (Wildman–Crippen MR) is 78.1 cm³/mol. The second-order valence-electron chi connectivity index (χ2n) is 4.52. The average molecular weight is 332 g/mol. The Bertz CT molecular complexity index is 447. The first-order valence-corrected chi connectivity index (χ1v) is 7.25. The molecule has 0 radical (unpaired) electrons. The van der Waals surface area contributed by atoms with Gasteiger partial charge in [-0.3, -0.25) is 4.79 Å². The topological polar surface area (TPSA) is 32.3 Å². The second-order valence-corrected chi connectivity index (χ2v) is 5.85. The molecule has 1 amide bonds. The van der Waals surface area contributed by atoms with Crippen molar-refractivity contribution in [3.8, 4) is 0 Å². The summed E-state index contributed by atoms with van der Waals surface area (Å²) in [5.74, 6) is 0.145. The van der Waals surface area contributed by atoms with Crippen LogP contribution in [0.3, 0.4) is 0 Å². The van der Waals surface area contributed by atoms with Gasteiger partial charge in [0.2, 0.25) is 5.91 Å². The van der Waals surface area contributed by atoms with Gasteiger partial charge in [-0.2, -0.15) is 0 Å². The van der Waals surface area contributed by atoms with Gasteiger partial charge < -0.3 is 10.2 Å². The van der Waals surface area contributed by atoms with Crippen molar-refractivity contribution in [2.24, 2.45) is 0 Å². The van der Waals surface area contributed by atoms with E-state index in [0.717, 1.165) is 36.1 Å². The minimum Gasteiger partial charge on any atom is -0.373 e. The highest BCUT2D eigenvalue weighted by atomic mass is 79.9. The molecule has 0 aliphatic carbocycles. The van der Waals surface area contributed by atoms with Crippen LogP contribution in [0.25, 0.3) is 0 Å². The monoisotopic (exact) mass is 330 g/mol. The Labute approximate surface area is 121 Å². The number of likely N-dealkylation sites (tertiary alicyclic amines) is 1. The van der Waals surface area contributed by atoms with Crippen LogP contribution in [0.1, 0.15) is 19.8 Å². The highest BCUT2D eigenvalue weighted by molar-refractivity contribution is 9.10. The number of benzene rings is 1. The van der Waals surface area contributed by atoms with E-state index in [0.29, 0.717) is 5.02 Å². The molecule has 1 N–H and O–H groups in total. The number of hydrogen-bond acceptors (Lipinski definition) is 2. The van der Waals surface area contributed by atoms with Gasteiger partial charge in [0.05, 0.1) is 10.7 Å². The minimum atomic E-state index is -0.248. The normalized spacial score (nSPS) is 16.7. The Morgan fingerprint density at radius 3 is 2.72 bits per heavy atom. The molecule has 1 aliphatic heterocycles. The van der Waals surface area contributed by atoms with E-state index >= 15 is 0 Å². The van der Waals surface area contributed by atoms with E-state index in [2.05, 4.69) is 21.2 Å². The average Bonchev–Trinajstić information content (AvgIpc) is 2.85. The Hall–Kier alpha value is -0.740. The first-order chi connectivity index (χ1) is 8.58. The molecule has 2 rings (SSSR count). The summed E-state index contributed by atoms with van der Waals surface area (Å²) in [5.41, 5.74) is 0.792. The molecule has 0 saturated carbocycles. The predicted octanol–water partition coefficient (Wildman–Crippen LogP) is 3.53. The molecule has 0 aromatic heterocycles. The quantitative estimate of drug-likeness (QED) is 0.919. The molecule has 1 heterocycles. The summed E-state index contributed by atoms with van der Waals surface area (Å²) in [7, 11) is 0. The number of nitrogens with zero attached hydrogens (tertiary/aromatic N) is 1. The third kappa shape index (κ3) is 3.18. The number of nitrogens with one attached hydrogen (secondary N) is 1. The maximum Gasteiger partial charge on any atom is 0.244 e. The molecule has 0 spiro atoms. The van der Waals surface area contributed by atoms with Crippen molar-refractivity contribution in [1.82, 2.24) is 4.90 Å². The number of hydrogen-bond donors (Lipinski definition) is 1. The molecule has 1 aromatic rings. The van der Waals surface area contributed by atoms with Crippen molar-refractivity contribution < 1.29 is 4.79 Å². The maximum absolute atomic E-state index is 12.1. The SMILES string of the molecule is CC(Nc1ccc(Br)cc1Cl)C(=O)N1CCCC1. The second kappa shape index (κ2) is 5.93. The highest BCUT2D eigenvalue weighted by Gasteiger charge is 2.23. The molecular weight excluding hydrogens is 316 g/mol. The first kappa shape index (κ1) is 13.7. The number of carbonyl (C=O) groups excluding carboxylic acids is 1. The van der Waals surface area contributed by atoms with E-state index in [-0.39, 0.29) is 11.9 Å². The van der Waals surface area contributed by atoms with Crippen molar-refractivity contribution in [3.63, 3.8) is 0 Å². The molecule has 3 nitrogen and oxygen atoms in total. The van der Waals surface area contributed by atoms with Crippen molar-refractivity contribution >= 4 is 39.1 Å². The fraction of sp³-hybridized carbons (Fsp3) is 0.462. The molecule has 0 bridgehead atoms. The van der Waals surface area contributed by atoms with E-state index in [4.69, 9.17) is 11.6 Å². The van der Waals surface area contributed by atoms with Gasteiger partial charge in [0.25, 0.3) is 0 Å². The molecule has 1 fully saturated rings. The van der Waals surface area contributed by atoms with Gasteiger partial charge in [0, 0.05) is 17.6 Å². The van der Waals surface area contributed by atoms with Crippen LogP contribution in [-0.4, -0.2) is 29.9 Å². The van der Waals surface area contributed by atoms with Gasteiger partial charge in [0.15, 0.2) is 0 Å². The summed E-state index contributed by atoms with van der Waals surface area (Å²) in [6.45, 7) is 3.62. The Morgan fingerprint density at radius 2 is 2.11 bits per heavy atom. The molecule has 1 aliphatic rings. The molecule has 98 valence electrons. The van der Waals surface area contributed by atoms with E-state index < -0.39 is 0 Å². The summed E-state index contributed by atoms with van der Waals surface area (Å²) in [4.78, 5) is 14.0. The first-order valence-electron chi connectivity index (χ1n) is 6.08. The smallest absolute Gasteiger partial charge is 0.244 e. The summed E-state index contributed by atoms with van der Waals surface area (Å²) in [6, 6.07) is 5.35. The van der Waals surface area contributed by atoms with Crippen molar-refractivity contribution in [1.29, 1.82) is 0 Å². The maximum atomic E-state index is 12.1. The van der Waals surface area contributed by atoms with Gasteiger partial charge in [0.1, 0.15) is 6.04 Å². The fourth-order valence-electron chi connectivity index (χ4n) is 2.11. The fourth-order valence-corrected chi connectivity index (χ4v) is 2.84. The van der Waals surface area contributed by atoms with Gasteiger partial charge >= 0.3 is 0 Å². The zero-order chi connectivity index (χ0) is 13.1. The highest BCUT2D eigenvalue weighted by Crippen LogP contribution is 2.26. The molecule has 1 saturated heterocycles. The van der Waals surface area contributed by atoms with Crippen LogP contribution in [0, 0.1) is 0 Å². The third-order valence-electron chi connectivity index (χ3n) is 3.09. The Balaban J connectivity index is 2.01. The number of carbonyl (C=O) groups is 1. The van der Waals surface area contributed by atoms with E-state index in [1.807, 2.05) is 30.0 Å². The van der Waals surface area contributed by atoms with Crippen molar-refractivity contribution in [3.05, 3.63) is 27.7 Å². The lowest BCUT2D eigenvalue weighted by atomic mass is 10.2. The largest absolute Gasteiger partial charge is 0.373 e. The van der Waals surface area contributed by atoms with Crippen LogP contribution in [0.2, 0.25) is 5.02 Å². The van der Waals surface area contributed by atoms with Crippen LogP contribution < -0.4 is 5.32 Å². The molecule has 1 atom stereocenters.